The van der Waals surface area contributed by atoms with E-state index in [0.717, 1.165) is 11.5 Å². The van der Waals surface area contributed by atoms with E-state index in [1.54, 1.807) is 25.3 Å². The lowest BCUT2D eigenvalue weighted by Crippen LogP contribution is -2.07. The summed E-state index contributed by atoms with van der Waals surface area (Å²) in [5.41, 5.74) is 6.71. The van der Waals surface area contributed by atoms with Crippen LogP contribution in [-0.4, -0.2) is 33.4 Å². The van der Waals surface area contributed by atoms with Crippen LogP contribution in [0.3, 0.4) is 0 Å². The summed E-state index contributed by atoms with van der Waals surface area (Å²) in [6.45, 7) is 0.925. The Morgan fingerprint density at radius 3 is 2.29 bits per heavy atom. The van der Waals surface area contributed by atoms with Crippen molar-refractivity contribution in [1.82, 2.24) is 0 Å². The summed E-state index contributed by atoms with van der Waals surface area (Å²) in [6, 6.07) is 12.2. The van der Waals surface area contributed by atoms with Gasteiger partial charge in [-0.25, -0.2) is 4.79 Å². The fourth-order valence-electron chi connectivity index (χ4n) is 2.01. The van der Waals surface area contributed by atoms with Gasteiger partial charge in [-0.05, 0) is 42.5 Å². The highest BCUT2D eigenvalue weighted by atomic mass is 16.5. The second-order valence-corrected chi connectivity index (χ2v) is 4.97. The number of methoxy groups -OCH3 is 2. The zero-order valence-corrected chi connectivity index (χ0v) is 13.8. The Morgan fingerprint density at radius 1 is 0.958 bits per heavy atom. The quantitative estimate of drug-likeness (QED) is 0.455. The summed E-state index contributed by atoms with van der Waals surface area (Å²) in [4.78, 5) is 11.5. The van der Waals surface area contributed by atoms with Gasteiger partial charge in [-0.2, -0.15) is 0 Å². The number of hydrogen-bond donors (Lipinski definition) is 1. The molecule has 2 aromatic carbocycles. The SMILES string of the molecule is COC(=O)c1ccc(N)c(OCCCOc2ccc(OC)cc2)c1. The first kappa shape index (κ1) is 17.5. The molecule has 0 saturated carbocycles. The summed E-state index contributed by atoms with van der Waals surface area (Å²) in [6.07, 6.45) is 0.675. The first-order chi connectivity index (χ1) is 11.6. The van der Waals surface area contributed by atoms with E-state index in [9.17, 15) is 4.79 Å². The van der Waals surface area contributed by atoms with Crippen LogP contribution in [0.25, 0.3) is 0 Å². The summed E-state index contributed by atoms with van der Waals surface area (Å²) in [5, 5.41) is 0. The van der Waals surface area contributed by atoms with Crippen LogP contribution in [0.2, 0.25) is 0 Å². The number of carbonyl (C=O) groups is 1. The maximum atomic E-state index is 11.5. The number of hydrogen-bond acceptors (Lipinski definition) is 6. The topological polar surface area (TPSA) is 80.0 Å². The fraction of sp³-hybridized carbons (Fsp3) is 0.278. The van der Waals surface area contributed by atoms with Crippen molar-refractivity contribution in [1.29, 1.82) is 0 Å². The van der Waals surface area contributed by atoms with E-state index >= 15 is 0 Å². The third kappa shape index (κ3) is 4.81. The van der Waals surface area contributed by atoms with E-state index in [1.807, 2.05) is 24.3 Å². The molecule has 0 fully saturated rings. The second kappa shape index (κ2) is 8.67. The van der Waals surface area contributed by atoms with E-state index in [4.69, 9.17) is 19.9 Å². The summed E-state index contributed by atoms with van der Waals surface area (Å²) < 4.78 is 21.0. The number of ether oxygens (including phenoxy) is 4. The Labute approximate surface area is 141 Å². The Morgan fingerprint density at radius 2 is 1.62 bits per heavy atom. The van der Waals surface area contributed by atoms with Crippen LogP contribution >= 0.6 is 0 Å². The highest BCUT2D eigenvalue weighted by Crippen LogP contribution is 2.23. The fourth-order valence-corrected chi connectivity index (χ4v) is 2.01. The monoisotopic (exact) mass is 331 g/mol. The molecule has 6 heteroatoms. The van der Waals surface area contributed by atoms with E-state index in [2.05, 4.69) is 4.74 Å². The van der Waals surface area contributed by atoms with Crippen LogP contribution in [0.1, 0.15) is 16.8 Å². The number of benzene rings is 2. The minimum Gasteiger partial charge on any atom is -0.497 e. The van der Waals surface area contributed by atoms with Crippen molar-refractivity contribution in [3.8, 4) is 17.2 Å². The summed E-state index contributed by atoms with van der Waals surface area (Å²) in [5.74, 6) is 1.58. The Balaban J connectivity index is 1.78. The van der Waals surface area contributed by atoms with Gasteiger partial charge < -0.3 is 24.7 Å². The predicted molar refractivity (Wildman–Crippen MR) is 90.8 cm³/mol. The summed E-state index contributed by atoms with van der Waals surface area (Å²) in [7, 11) is 2.95. The van der Waals surface area contributed by atoms with Gasteiger partial charge in [0.05, 0.1) is 38.7 Å². The van der Waals surface area contributed by atoms with Gasteiger partial charge in [-0.1, -0.05) is 0 Å². The lowest BCUT2D eigenvalue weighted by atomic mass is 10.2. The smallest absolute Gasteiger partial charge is 0.337 e. The van der Waals surface area contributed by atoms with Gasteiger partial charge in [0.15, 0.2) is 0 Å². The molecule has 0 heterocycles. The molecule has 0 atom stereocenters. The molecular formula is C18H21NO5. The van der Waals surface area contributed by atoms with Crippen molar-refractivity contribution >= 4 is 11.7 Å². The van der Waals surface area contributed by atoms with Crippen LogP contribution in [0.5, 0.6) is 17.2 Å². The maximum Gasteiger partial charge on any atom is 0.337 e. The van der Waals surface area contributed by atoms with Crippen LogP contribution in [0, 0.1) is 0 Å². The van der Waals surface area contributed by atoms with Crippen molar-refractivity contribution in [2.45, 2.75) is 6.42 Å². The average molecular weight is 331 g/mol. The van der Waals surface area contributed by atoms with Gasteiger partial charge in [0.1, 0.15) is 17.2 Å². The third-order valence-electron chi connectivity index (χ3n) is 3.31. The molecule has 0 unspecified atom stereocenters. The molecule has 0 saturated heterocycles. The molecule has 2 aromatic rings. The molecular weight excluding hydrogens is 310 g/mol. The van der Waals surface area contributed by atoms with Crippen LogP contribution in [0.4, 0.5) is 5.69 Å². The third-order valence-corrected chi connectivity index (χ3v) is 3.31. The molecule has 6 nitrogen and oxygen atoms in total. The highest BCUT2D eigenvalue weighted by Gasteiger charge is 2.09. The molecule has 128 valence electrons. The molecule has 0 amide bonds. The van der Waals surface area contributed by atoms with Crippen molar-refractivity contribution < 1.29 is 23.7 Å². The van der Waals surface area contributed by atoms with Gasteiger partial charge >= 0.3 is 5.97 Å². The average Bonchev–Trinajstić information content (AvgIpc) is 2.62. The molecule has 0 spiro atoms. The summed E-state index contributed by atoms with van der Waals surface area (Å²) >= 11 is 0. The minimum atomic E-state index is -0.428. The zero-order chi connectivity index (χ0) is 17.4. The van der Waals surface area contributed by atoms with Crippen molar-refractivity contribution in [3.63, 3.8) is 0 Å². The second-order valence-electron chi connectivity index (χ2n) is 4.97. The molecule has 0 radical (unpaired) electrons. The van der Waals surface area contributed by atoms with Crippen molar-refractivity contribution in [2.24, 2.45) is 0 Å². The molecule has 0 aliphatic heterocycles. The Hall–Kier alpha value is -2.89. The standard InChI is InChI=1S/C18H21NO5/c1-21-14-5-7-15(8-6-14)23-10-3-11-24-17-12-13(18(20)22-2)4-9-16(17)19/h4-9,12H,3,10-11,19H2,1-2H3. The molecule has 2 N–H and O–H groups in total. The molecule has 2 rings (SSSR count). The lowest BCUT2D eigenvalue weighted by Gasteiger charge is -2.11. The molecule has 0 aromatic heterocycles. The van der Waals surface area contributed by atoms with E-state index in [0.29, 0.717) is 36.6 Å². The number of esters is 1. The van der Waals surface area contributed by atoms with E-state index < -0.39 is 5.97 Å². The van der Waals surface area contributed by atoms with Crippen LogP contribution < -0.4 is 19.9 Å². The van der Waals surface area contributed by atoms with Gasteiger partial charge in [0.2, 0.25) is 0 Å². The normalized spacial score (nSPS) is 10.1. The van der Waals surface area contributed by atoms with Crippen LogP contribution in [0.15, 0.2) is 42.5 Å². The van der Waals surface area contributed by atoms with Gasteiger partial charge in [0, 0.05) is 6.42 Å². The van der Waals surface area contributed by atoms with Gasteiger partial charge in [-0.15, -0.1) is 0 Å². The van der Waals surface area contributed by atoms with E-state index in [-0.39, 0.29) is 0 Å². The molecule has 0 bridgehead atoms. The zero-order valence-electron chi connectivity index (χ0n) is 13.8. The van der Waals surface area contributed by atoms with Gasteiger partial charge in [0.25, 0.3) is 0 Å². The number of carbonyl (C=O) groups excluding carboxylic acids is 1. The first-order valence-corrected chi connectivity index (χ1v) is 7.51. The largest absolute Gasteiger partial charge is 0.497 e. The number of anilines is 1. The van der Waals surface area contributed by atoms with E-state index in [1.165, 1.54) is 7.11 Å². The molecule has 0 aliphatic carbocycles. The maximum absolute atomic E-state index is 11.5. The lowest BCUT2D eigenvalue weighted by molar-refractivity contribution is 0.0600. The Bertz CT molecular complexity index is 670. The van der Waals surface area contributed by atoms with Crippen molar-refractivity contribution in [2.75, 3.05) is 33.2 Å². The first-order valence-electron chi connectivity index (χ1n) is 7.51. The number of nitrogens with two attached hydrogens (primary N) is 1. The number of rotatable bonds is 8. The Kier molecular flexibility index (Phi) is 6.31. The predicted octanol–water partition coefficient (Wildman–Crippen LogP) is 2.91. The van der Waals surface area contributed by atoms with Gasteiger partial charge in [-0.3, -0.25) is 0 Å². The minimum absolute atomic E-state index is 0.399. The molecule has 0 aliphatic rings. The molecule has 24 heavy (non-hydrogen) atoms. The van der Waals surface area contributed by atoms with Crippen LogP contribution in [-0.2, 0) is 4.74 Å². The highest BCUT2D eigenvalue weighted by molar-refractivity contribution is 5.90. The van der Waals surface area contributed by atoms with Crippen molar-refractivity contribution in [3.05, 3.63) is 48.0 Å². The number of nitrogen functional groups attached to an aromatic ring is 1.